The lowest BCUT2D eigenvalue weighted by Gasteiger charge is -2.49. The van der Waals surface area contributed by atoms with Crippen LogP contribution in [0, 0.1) is 5.41 Å². The highest BCUT2D eigenvalue weighted by Gasteiger charge is 2.47. The Morgan fingerprint density at radius 1 is 1.30 bits per heavy atom. The predicted molar refractivity (Wildman–Crippen MR) is 80.9 cm³/mol. The molecule has 4 heteroatoms. The molecule has 2 atom stereocenters. The molecule has 0 heterocycles. The third kappa shape index (κ3) is 2.96. The number of carbonyl (C=O) groups is 1. The van der Waals surface area contributed by atoms with E-state index in [1.54, 1.807) is 0 Å². The minimum atomic E-state index is -0.240. The van der Waals surface area contributed by atoms with E-state index in [2.05, 4.69) is 24.5 Å². The highest BCUT2D eigenvalue weighted by atomic mass is 16.3. The number of hydrogen-bond acceptors (Lipinski definition) is 3. The maximum absolute atomic E-state index is 11.8. The molecule has 1 aliphatic rings. The molecule has 1 aromatic rings. The summed E-state index contributed by atoms with van der Waals surface area (Å²) in [7, 11) is 0. The monoisotopic (exact) mass is 276 g/mol. The number of rotatable bonds is 4. The lowest BCUT2D eigenvalue weighted by Crippen LogP contribution is -2.56. The average Bonchev–Trinajstić information content (AvgIpc) is 2.38. The first kappa shape index (κ1) is 14.9. The van der Waals surface area contributed by atoms with Crippen LogP contribution in [0.2, 0.25) is 0 Å². The Bertz CT molecular complexity index is 480. The molecule has 0 aliphatic heterocycles. The molecule has 0 saturated heterocycles. The standard InChI is InChI=1S/C16H24N2O2/c1-10(2)17-15(20)11-5-7-12(8-6-11)18-13-9-14(19)16(13,3)4/h5-8,10,13-14,18-19H,9H2,1-4H3,(H,17,20). The second kappa shape index (κ2) is 5.44. The molecule has 20 heavy (non-hydrogen) atoms. The number of nitrogens with one attached hydrogen (secondary N) is 2. The number of carbonyl (C=O) groups excluding carboxylic acids is 1. The zero-order valence-corrected chi connectivity index (χ0v) is 12.6. The molecule has 1 aromatic carbocycles. The van der Waals surface area contributed by atoms with Crippen LogP contribution in [0.15, 0.2) is 24.3 Å². The Morgan fingerprint density at radius 2 is 1.90 bits per heavy atom. The number of aliphatic hydroxyl groups is 1. The molecule has 1 saturated carbocycles. The van der Waals surface area contributed by atoms with Crippen molar-refractivity contribution in [1.29, 1.82) is 0 Å². The summed E-state index contributed by atoms with van der Waals surface area (Å²) in [5.41, 5.74) is 1.54. The lowest BCUT2D eigenvalue weighted by molar-refractivity contribution is -0.0510. The van der Waals surface area contributed by atoms with Gasteiger partial charge in [0.25, 0.3) is 5.91 Å². The van der Waals surface area contributed by atoms with Gasteiger partial charge in [0.15, 0.2) is 0 Å². The quantitative estimate of drug-likeness (QED) is 0.791. The van der Waals surface area contributed by atoms with E-state index in [1.165, 1.54) is 0 Å². The van der Waals surface area contributed by atoms with E-state index < -0.39 is 0 Å². The molecule has 1 fully saturated rings. The molecule has 110 valence electrons. The van der Waals surface area contributed by atoms with E-state index in [9.17, 15) is 9.90 Å². The molecular weight excluding hydrogens is 252 g/mol. The minimum Gasteiger partial charge on any atom is -0.392 e. The molecule has 3 N–H and O–H groups in total. The van der Waals surface area contributed by atoms with Gasteiger partial charge in [0.05, 0.1) is 6.10 Å². The van der Waals surface area contributed by atoms with Gasteiger partial charge in [-0.2, -0.15) is 0 Å². The Labute approximate surface area is 120 Å². The van der Waals surface area contributed by atoms with Gasteiger partial charge in [-0.15, -0.1) is 0 Å². The molecule has 0 aromatic heterocycles. The van der Waals surface area contributed by atoms with E-state index >= 15 is 0 Å². The number of anilines is 1. The molecule has 2 rings (SSSR count). The number of aliphatic hydroxyl groups excluding tert-OH is 1. The van der Waals surface area contributed by atoms with E-state index in [0.29, 0.717) is 5.56 Å². The van der Waals surface area contributed by atoms with Crippen LogP contribution < -0.4 is 10.6 Å². The normalized spacial score (nSPS) is 24.1. The van der Waals surface area contributed by atoms with Crippen molar-refractivity contribution in [3.05, 3.63) is 29.8 Å². The zero-order valence-electron chi connectivity index (χ0n) is 12.6. The molecule has 1 amide bonds. The second-order valence-electron chi connectivity index (χ2n) is 6.48. The van der Waals surface area contributed by atoms with Gasteiger partial charge in [-0.05, 0) is 44.5 Å². The van der Waals surface area contributed by atoms with Crippen LogP contribution in [0.1, 0.15) is 44.5 Å². The summed E-state index contributed by atoms with van der Waals surface area (Å²) in [6, 6.07) is 7.88. The average molecular weight is 276 g/mol. The Kier molecular flexibility index (Phi) is 4.04. The first-order valence-electron chi connectivity index (χ1n) is 7.16. The van der Waals surface area contributed by atoms with Crippen molar-refractivity contribution in [1.82, 2.24) is 5.32 Å². The summed E-state index contributed by atoms with van der Waals surface area (Å²) < 4.78 is 0. The first-order valence-corrected chi connectivity index (χ1v) is 7.16. The molecular formula is C16H24N2O2. The SMILES string of the molecule is CC(C)NC(=O)c1ccc(NC2CC(O)C2(C)C)cc1. The summed E-state index contributed by atoms with van der Waals surface area (Å²) >= 11 is 0. The van der Waals surface area contributed by atoms with Gasteiger partial charge < -0.3 is 15.7 Å². The van der Waals surface area contributed by atoms with Crippen molar-refractivity contribution in [3.63, 3.8) is 0 Å². The number of benzene rings is 1. The van der Waals surface area contributed by atoms with Crippen molar-refractivity contribution in [2.45, 2.75) is 52.3 Å². The van der Waals surface area contributed by atoms with Gasteiger partial charge in [-0.1, -0.05) is 13.8 Å². The van der Waals surface area contributed by atoms with Gasteiger partial charge in [0, 0.05) is 28.7 Å². The lowest BCUT2D eigenvalue weighted by atomic mass is 9.64. The highest BCUT2D eigenvalue weighted by molar-refractivity contribution is 5.94. The van der Waals surface area contributed by atoms with Crippen molar-refractivity contribution < 1.29 is 9.90 Å². The van der Waals surface area contributed by atoms with Crippen molar-refractivity contribution in [2.75, 3.05) is 5.32 Å². The summed E-state index contributed by atoms with van der Waals surface area (Å²) in [5.74, 6) is -0.0500. The van der Waals surface area contributed by atoms with Crippen LogP contribution in [0.5, 0.6) is 0 Å². The summed E-state index contributed by atoms with van der Waals surface area (Å²) in [6.45, 7) is 8.00. The summed E-state index contributed by atoms with van der Waals surface area (Å²) in [6.07, 6.45) is 0.527. The molecule has 2 unspecified atom stereocenters. The summed E-state index contributed by atoms with van der Waals surface area (Å²) in [4.78, 5) is 11.8. The number of amides is 1. The molecule has 0 radical (unpaired) electrons. The maximum atomic E-state index is 11.8. The third-order valence-corrected chi connectivity index (χ3v) is 4.12. The Hall–Kier alpha value is -1.55. The fourth-order valence-corrected chi connectivity index (χ4v) is 2.41. The third-order valence-electron chi connectivity index (χ3n) is 4.12. The fraction of sp³-hybridized carbons (Fsp3) is 0.562. The largest absolute Gasteiger partial charge is 0.392 e. The van der Waals surface area contributed by atoms with Crippen molar-refractivity contribution >= 4 is 11.6 Å². The van der Waals surface area contributed by atoms with Crippen LogP contribution in [0.25, 0.3) is 0 Å². The van der Waals surface area contributed by atoms with Crippen LogP contribution in [0.3, 0.4) is 0 Å². The summed E-state index contributed by atoms with van der Waals surface area (Å²) in [5, 5.41) is 16.0. The smallest absolute Gasteiger partial charge is 0.251 e. The Balaban J connectivity index is 1.97. The van der Waals surface area contributed by atoms with Crippen molar-refractivity contribution in [3.8, 4) is 0 Å². The Morgan fingerprint density at radius 3 is 2.35 bits per heavy atom. The first-order chi connectivity index (χ1) is 9.30. The van der Waals surface area contributed by atoms with Crippen LogP contribution in [0.4, 0.5) is 5.69 Å². The van der Waals surface area contributed by atoms with Crippen molar-refractivity contribution in [2.24, 2.45) is 5.41 Å². The van der Waals surface area contributed by atoms with E-state index in [4.69, 9.17) is 0 Å². The van der Waals surface area contributed by atoms with Crippen LogP contribution in [-0.2, 0) is 0 Å². The molecule has 0 bridgehead atoms. The van der Waals surface area contributed by atoms with Gasteiger partial charge >= 0.3 is 0 Å². The minimum absolute atomic E-state index is 0.0500. The van der Waals surface area contributed by atoms with E-state index in [1.807, 2.05) is 38.1 Å². The van der Waals surface area contributed by atoms with Crippen LogP contribution >= 0.6 is 0 Å². The molecule has 1 aliphatic carbocycles. The zero-order chi connectivity index (χ0) is 14.9. The van der Waals surface area contributed by atoms with Gasteiger partial charge in [0.2, 0.25) is 0 Å². The predicted octanol–water partition coefficient (Wildman–Crippen LogP) is 2.40. The van der Waals surface area contributed by atoms with Gasteiger partial charge in [-0.25, -0.2) is 0 Å². The van der Waals surface area contributed by atoms with Gasteiger partial charge in [-0.3, -0.25) is 4.79 Å². The molecule has 0 spiro atoms. The molecule has 4 nitrogen and oxygen atoms in total. The van der Waals surface area contributed by atoms with E-state index in [-0.39, 0.29) is 29.5 Å². The second-order valence-corrected chi connectivity index (χ2v) is 6.48. The highest BCUT2D eigenvalue weighted by Crippen LogP contribution is 2.42. The topological polar surface area (TPSA) is 61.4 Å². The van der Waals surface area contributed by atoms with Crippen LogP contribution in [-0.4, -0.2) is 29.2 Å². The maximum Gasteiger partial charge on any atom is 0.251 e. The fourth-order valence-electron chi connectivity index (χ4n) is 2.41. The number of hydrogen-bond donors (Lipinski definition) is 3. The van der Waals surface area contributed by atoms with E-state index in [0.717, 1.165) is 12.1 Å². The van der Waals surface area contributed by atoms with Gasteiger partial charge in [0.1, 0.15) is 0 Å².